The molecule has 0 spiro atoms. The van der Waals surface area contributed by atoms with Gasteiger partial charge in [0.2, 0.25) is 36.0 Å². The molecule has 1 aliphatic rings. The van der Waals surface area contributed by atoms with Crippen molar-refractivity contribution in [1.29, 1.82) is 0 Å². The van der Waals surface area contributed by atoms with Crippen LogP contribution in [0.1, 0.15) is 397 Å². The van der Waals surface area contributed by atoms with Crippen LogP contribution in [0.3, 0.4) is 0 Å². The number of rotatable bonds is 33. The highest BCUT2D eigenvalue weighted by molar-refractivity contribution is 7.98. The van der Waals surface area contributed by atoms with Crippen molar-refractivity contribution in [3.63, 3.8) is 0 Å². The first-order valence-corrected chi connectivity index (χ1v) is 68.1. The van der Waals surface area contributed by atoms with Gasteiger partial charge in [0.1, 0.15) is 52.6 Å². The summed E-state index contributed by atoms with van der Waals surface area (Å²) in [5, 5.41) is 2.50. The van der Waals surface area contributed by atoms with E-state index in [2.05, 4.69) is 196 Å². The summed E-state index contributed by atoms with van der Waals surface area (Å²) in [7, 11) is -19.1. The van der Waals surface area contributed by atoms with Gasteiger partial charge in [0.25, 0.3) is 0 Å². The summed E-state index contributed by atoms with van der Waals surface area (Å²) >= 11 is 1.91. The highest BCUT2D eigenvalue weighted by Crippen LogP contribution is 2.28. The topological polar surface area (TPSA) is 394 Å². The van der Waals surface area contributed by atoms with E-state index in [9.17, 15) is 87.1 Å². The Bertz CT molecular complexity index is 4860. The van der Waals surface area contributed by atoms with Crippen LogP contribution in [0, 0.1) is 77.3 Å². The largest absolute Gasteiger partial charge is 0.359 e. The summed E-state index contributed by atoms with van der Waals surface area (Å²) in [5.74, 6) is 5.33. The number of thioether (sulfide) groups is 1. The zero-order valence-corrected chi connectivity index (χ0v) is 110. The van der Waals surface area contributed by atoms with E-state index in [0.717, 1.165) is 68.6 Å². The molecule has 0 bridgehead atoms. The van der Waals surface area contributed by atoms with Gasteiger partial charge in [-0.25, -0.2) is 72.7 Å². The van der Waals surface area contributed by atoms with Crippen LogP contribution in [0.4, 0.5) is 0 Å². The number of carbonyl (C=O) groups excluding carboxylic acids is 5. The molecule has 4 rings (SSSR count). The normalized spacial score (nSPS) is 13.4. The summed E-state index contributed by atoms with van der Waals surface area (Å²) < 4.78 is 171. The van der Waals surface area contributed by atoms with Gasteiger partial charge in [-0.3, -0.25) is 33.2 Å². The van der Waals surface area contributed by atoms with E-state index in [1.807, 2.05) is 199 Å². The molecule has 1 amide bonds. The van der Waals surface area contributed by atoms with Gasteiger partial charge in [-0.2, -0.15) is 11.8 Å². The number of nitrogens with one attached hydrogen (secondary N) is 3. The lowest BCUT2D eigenvalue weighted by Gasteiger charge is -2.22. The SMILES string of the molecule is CC(C)(C)CC(=O)CCc1ccccc1.CC(C)(C)CC(=O)CCc1ccccc1.CC(C)(C)CNS(C)(=O)=O.CC(C)(C)CS(=O)(=O)N1CCCC1.CC(C)(C)CS(C)(=O)=O.CC(C)(C)CS(C)(=O)=O.CCCS(=O)(=O)NCC(C)(C)C.CCS(=O)(=O)CC(C)(C)C.CCS(=O)(=O)CCC(C)(C)C.CNC(=O)CCC(=O)CCC(C)(C)C.CS(=O)CC(C)(C)C.CSCC(C)(C)C.Cc1ccc(CC(=O)CC(C)(C)C)nc1. The number of sulfone groups is 4. The van der Waals surface area contributed by atoms with Gasteiger partial charge in [0.15, 0.2) is 9.84 Å². The Morgan fingerprint density at radius 2 is 0.750 bits per heavy atom. The number of carbonyl (C=O) groups is 5. The fraction of sp³-hybridized carbons (Fsp3) is 0.807. The third-order valence-corrected chi connectivity index (χ3v) is 31.9. The van der Waals surface area contributed by atoms with Crippen LogP contribution in [0.5, 0.6) is 0 Å². The van der Waals surface area contributed by atoms with Gasteiger partial charge in [0.05, 0.1) is 40.8 Å². The molecule has 25 nitrogen and oxygen atoms in total. The lowest BCUT2D eigenvalue weighted by molar-refractivity contribution is -0.125. The van der Waals surface area contributed by atoms with Gasteiger partial charge in [0, 0.05) is 150 Å². The van der Waals surface area contributed by atoms with Crippen molar-refractivity contribution >= 4 is 121 Å². The van der Waals surface area contributed by atoms with E-state index >= 15 is 0 Å². The maximum absolute atomic E-state index is 11.8. The average molecular weight is 2270 g/mol. The van der Waals surface area contributed by atoms with E-state index in [1.165, 1.54) is 35.6 Å². The molecule has 3 N–H and O–H groups in total. The summed E-state index contributed by atoms with van der Waals surface area (Å²) in [5.41, 5.74) is 5.45. The molecule has 1 atom stereocenters. The first-order valence-electron chi connectivity index (χ1n) is 52.1. The number of Topliss-reactive ketones (excluding diaryl/α,β-unsaturated/α-hetero) is 4. The molecular formula is C114H223N5O20S9. The number of ketones is 4. The molecule has 0 radical (unpaired) electrons. The van der Waals surface area contributed by atoms with Gasteiger partial charge >= 0.3 is 0 Å². The highest BCUT2D eigenvalue weighted by Gasteiger charge is 2.31. The van der Waals surface area contributed by atoms with Crippen molar-refractivity contribution in [1.82, 2.24) is 24.1 Å². The molecule has 2 heterocycles. The molecule has 1 fully saturated rings. The molecule has 0 aliphatic carbocycles. The van der Waals surface area contributed by atoms with Crippen LogP contribution in [-0.4, -0.2) is 223 Å². The number of benzene rings is 2. The second-order valence-electron chi connectivity index (χ2n) is 54.7. The molecule has 1 aliphatic heterocycles. The molecule has 1 saturated heterocycles. The maximum Gasteiger partial charge on any atom is 0.220 e. The Hall–Kier alpha value is -4.23. The minimum Gasteiger partial charge on any atom is -0.359 e. The summed E-state index contributed by atoms with van der Waals surface area (Å²) in [6, 6.07) is 24.3. The zero-order chi connectivity index (χ0) is 119. The third kappa shape index (κ3) is 142. The predicted molar refractivity (Wildman–Crippen MR) is 641 cm³/mol. The van der Waals surface area contributed by atoms with E-state index in [0.29, 0.717) is 100 Å². The van der Waals surface area contributed by atoms with Crippen molar-refractivity contribution in [2.24, 2.45) is 70.4 Å². The van der Waals surface area contributed by atoms with Crippen molar-refractivity contribution in [2.45, 2.75) is 400 Å². The van der Waals surface area contributed by atoms with E-state index in [-0.39, 0.29) is 123 Å². The molecule has 2 aromatic carbocycles. The molecule has 34 heteroatoms. The van der Waals surface area contributed by atoms with Crippen LogP contribution in [-0.2, 0) is 123 Å². The van der Waals surface area contributed by atoms with Crippen molar-refractivity contribution in [3.8, 4) is 0 Å². The Kier molecular flexibility index (Phi) is 80.8. The smallest absolute Gasteiger partial charge is 0.220 e. The Morgan fingerprint density at radius 3 is 0.986 bits per heavy atom. The average Bonchev–Trinajstić information content (AvgIpc) is 1.46. The van der Waals surface area contributed by atoms with E-state index < -0.39 is 80.2 Å². The number of amides is 1. The monoisotopic (exact) mass is 2270 g/mol. The third-order valence-electron chi connectivity index (χ3n) is 18.2. The number of hydrogen-bond acceptors (Lipinski definition) is 22. The Morgan fingerprint density at radius 1 is 0.392 bits per heavy atom. The van der Waals surface area contributed by atoms with Gasteiger partial charge < -0.3 is 5.32 Å². The summed E-state index contributed by atoms with van der Waals surface area (Å²) in [4.78, 5) is 61.3. The Labute approximate surface area is 919 Å². The highest BCUT2D eigenvalue weighted by atomic mass is 32.2. The molecule has 1 aromatic heterocycles. The van der Waals surface area contributed by atoms with Crippen LogP contribution in [0.15, 0.2) is 79.0 Å². The predicted octanol–water partition coefficient (Wildman–Crippen LogP) is 24.8. The maximum atomic E-state index is 11.8. The van der Waals surface area contributed by atoms with Crippen LogP contribution in [0.25, 0.3) is 0 Å². The molecular weight excluding hydrogens is 2050 g/mol. The van der Waals surface area contributed by atoms with Gasteiger partial charge in [-0.15, -0.1) is 0 Å². The number of hydrogen-bond donors (Lipinski definition) is 3. The van der Waals surface area contributed by atoms with Gasteiger partial charge in [-0.05, 0) is 157 Å². The minimum atomic E-state index is -3.01. The molecule has 878 valence electrons. The lowest BCUT2D eigenvalue weighted by atomic mass is 9.88. The number of pyridine rings is 1. The molecule has 0 saturated carbocycles. The standard InChI is InChI=1S/2C14H20O.C13H19NO.C11H21NO2.C9H19NO2S.C8H19NO2S.C8H18O2S.C7H16O2S.C6H15NO2S.2C6H14O2S.C6H14OS.C6H14S/c2*1-14(2,3)11-13(15)10-9-12-7-5-4-6-8-12;1-10-5-6-11(14-9-10)7-12(15)8-13(2,3)4;1-11(2,3)8-7-9(13)5-6-10(14)12-4;1-9(2,3)8-13(11,12)10-6-4-5-7-10;1-5-6-12(10,11)9-7-8(2,3)4;1-5-11(9,10)7-6-8(2,3)4;1-5-10(8,9)6-7(2,3)4;1-6(2,3)5-7-10(4,8)9;2*1-6(2,3)5-9(4,7)8;1-6(2,3)5-8(4)7;1-6(2,3)5-7-4/h2*4-8H,9-11H2,1-3H3;5-6,9H,7-8H2,1-4H3;5-8H2,1-4H3,(H,12,14);4-8H2,1-3H3;9H,5-7H2,1-4H3;5-7H2,1-4H3;5-6H2,1-4H3;7H,5H2,1-4H3;2*5H2,1-4H3;5H2,1-4H3;5H2,1-4H3. The van der Waals surface area contributed by atoms with E-state index in [4.69, 9.17) is 0 Å². The number of sulfonamides is 3. The van der Waals surface area contributed by atoms with E-state index in [1.54, 1.807) is 37.7 Å². The number of aromatic nitrogens is 1. The molecule has 1 unspecified atom stereocenters. The van der Waals surface area contributed by atoms with Crippen LogP contribution in [0.2, 0.25) is 0 Å². The fourth-order valence-corrected chi connectivity index (χ4v) is 24.4. The zero-order valence-electron chi connectivity index (χ0n) is 103. The summed E-state index contributed by atoms with van der Waals surface area (Å²) in [6.45, 7) is 89.1. The van der Waals surface area contributed by atoms with Crippen molar-refractivity contribution < 1.29 is 87.1 Å². The molecule has 3 aromatic rings. The van der Waals surface area contributed by atoms with Crippen LogP contribution >= 0.6 is 11.8 Å². The summed E-state index contributed by atoms with van der Waals surface area (Å²) in [6.07, 6.45) is 20.5. The lowest BCUT2D eigenvalue weighted by Crippen LogP contribution is -2.34. The molecule has 148 heavy (non-hydrogen) atoms. The van der Waals surface area contributed by atoms with Crippen LogP contribution < -0.4 is 14.8 Å². The number of aryl methyl sites for hydroxylation is 3. The minimum absolute atomic E-state index is 0.0147. The first-order chi connectivity index (χ1) is 65.4. The van der Waals surface area contributed by atoms with Gasteiger partial charge in [-0.1, -0.05) is 358 Å². The number of nitrogens with zero attached hydrogens (tertiary/aromatic N) is 2. The van der Waals surface area contributed by atoms with Crippen molar-refractivity contribution in [3.05, 3.63) is 101 Å². The quantitative estimate of drug-likeness (QED) is 0.0510. The fourth-order valence-electron chi connectivity index (χ4n) is 12.3. The second-order valence-corrected chi connectivity index (χ2v) is 71.8. The Balaban J connectivity index is -0.000000203. The first kappa shape index (κ1) is 161. The second kappa shape index (κ2) is 74.1. The van der Waals surface area contributed by atoms with Crippen molar-refractivity contribution in [2.75, 3.05) is 122 Å².